The molecule has 4 N–H and O–H groups in total. The Morgan fingerprint density at radius 1 is 1.08 bits per heavy atom. The first-order valence-electron chi connectivity index (χ1n) is 11.2. The summed E-state index contributed by atoms with van der Waals surface area (Å²) in [6, 6.07) is 3.39. The van der Waals surface area contributed by atoms with Crippen LogP contribution in [0.2, 0.25) is 10.0 Å². The molecule has 0 fully saturated rings. The summed E-state index contributed by atoms with van der Waals surface area (Å²) >= 11 is 12.2. The van der Waals surface area contributed by atoms with Gasteiger partial charge in [0.25, 0.3) is 11.8 Å². The summed E-state index contributed by atoms with van der Waals surface area (Å²) in [6.45, 7) is 8.42. The van der Waals surface area contributed by atoms with E-state index in [-0.39, 0.29) is 45.9 Å². The molecule has 0 unspecified atom stereocenters. The van der Waals surface area contributed by atoms with E-state index in [0.717, 1.165) is 0 Å². The molecule has 1 aromatic heterocycles. The molecule has 11 nitrogen and oxygen atoms in total. The minimum absolute atomic E-state index is 0.0139. The smallest absolute Gasteiger partial charge is 0.407 e. The lowest BCUT2D eigenvalue weighted by Gasteiger charge is -2.20. The number of carbonyl (C=O) groups is 4. The van der Waals surface area contributed by atoms with Gasteiger partial charge in [0.2, 0.25) is 0 Å². The van der Waals surface area contributed by atoms with Crippen LogP contribution in [-0.4, -0.2) is 60.8 Å². The highest BCUT2D eigenvalue weighted by atomic mass is 35.5. The SMILES string of the molecule is COC(=O)[C@H](C)NC(=O)c1ccc(NC(=O)c2[nH]c(C)c(Cl)c2Cl)c(OCCNC(=O)OC(C)(C)C)c1. The number of esters is 1. The van der Waals surface area contributed by atoms with Crippen LogP contribution in [0.4, 0.5) is 10.5 Å². The number of anilines is 1. The van der Waals surface area contributed by atoms with Crippen LogP contribution in [0.5, 0.6) is 5.75 Å². The monoisotopic (exact) mass is 556 g/mol. The molecule has 0 spiro atoms. The molecule has 2 aromatic rings. The highest BCUT2D eigenvalue weighted by Gasteiger charge is 2.22. The normalized spacial score (nSPS) is 11.8. The number of aromatic amines is 1. The lowest BCUT2D eigenvalue weighted by molar-refractivity contribution is -0.142. The number of rotatable bonds is 9. The van der Waals surface area contributed by atoms with Crippen molar-refractivity contribution >= 4 is 52.8 Å². The molecular weight excluding hydrogens is 527 g/mol. The lowest BCUT2D eigenvalue weighted by Crippen LogP contribution is -2.39. The van der Waals surface area contributed by atoms with Gasteiger partial charge >= 0.3 is 12.1 Å². The Bertz CT molecular complexity index is 1170. The predicted molar refractivity (Wildman–Crippen MR) is 139 cm³/mol. The quantitative estimate of drug-likeness (QED) is 0.268. The highest BCUT2D eigenvalue weighted by Crippen LogP contribution is 2.31. The zero-order valence-corrected chi connectivity index (χ0v) is 22.8. The van der Waals surface area contributed by atoms with E-state index in [4.69, 9.17) is 32.7 Å². The van der Waals surface area contributed by atoms with Gasteiger partial charge in [-0.15, -0.1) is 0 Å². The molecule has 13 heteroatoms. The molecule has 3 amide bonds. The van der Waals surface area contributed by atoms with Gasteiger partial charge in [0, 0.05) is 11.3 Å². The number of aromatic nitrogens is 1. The van der Waals surface area contributed by atoms with Gasteiger partial charge in [0.05, 0.1) is 29.4 Å². The number of carbonyl (C=O) groups excluding carboxylic acids is 4. The van der Waals surface area contributed by atoms with E-state index < -0.39 is 35.5 Å². The maximum atomic E-state index is 12.8. The number of alkyl carbamates (subject to hydrolysis) is 1. The Morgan fingerprint density at radius 3 is 2.32 bits per heavy atom. The summed E-state index contributed by atoms with van der Waals surface area (Å²) in [5.74, 6) is -1.64. The fraction of sp³-hybridized carbons (Fsp3) is 0.417. The summed E-state index contributed by atoms with van der Waals surface area (Å²) in [4.78, 5) is 51.8. The highest BCUT2D eigenvalue weighted by molar-refractivity contribution is 6.44. The van der Waals surface area contributed by atoms with Gasteiger partial charge in [0.15, 0.2) is 0 Å². The Kier molecular flexibility index (Phi) is 10.2. The van der Waals surface area contributed by atoms with Crippen LogP contribution in [0.15, 0.2) is 18.2 Å². The molecular formula is C24H30Cl2N4O7. The van der Waals surface area contributed by atoms with Gasteiger partial charge in [-0.3, -0.25) is 9.59 Å². The minimum Gasteiger partial charge on any atom is -0.490 e. The Morgan fingerprint density at radius 2 is 1.76 bits per heavy atom. The topological polar surface area (TPSA) is 148 Å². The zero-order valence-electron chi connectivity index (χ0n) is 21.3. The molecule has 37 heavy (non-hydrogen) atoms. The summed E-state index contributed by atoms with van der Waals surface area (Å²) in [6.07, 6.45) is -0.622. The van der Waals surface area contributed by atoms with Crippen molar-refractivity contribution in [1.82, 2.24) is 15.6 Å². The van der Waals surface area contributed by atoms with Gasteiger partial charge in [-0.05, 0) is 52.8 Å². The number of H-pyrrole nitrogens is 1. The van der Waals surface area contributed by atoms with Crippen LogP contribution < -0.4 is 20.7 Å². The number of nitrogens with one attached hydrogen (secondary N) is 4. The van der Waals surface area contributed by atoms with Crippen molar-refractivity contribution in [1.29, 1.82) is 0 Å². The first-order chi connectivity index (χ1) is 17.2. The van der Waals surface area contributed by atoms with Gasteiger partial charge < -0.3 is 35.1 Å². The molecule has 0 saturated carbocycles. The molecule has 0 aliphatic heterocycles. The number of ether oxygens (including phenoxy) is 3. The molecule has 202 valence electrons. The third-order valence-corrected chi connectivity index (χ3v) is 5.65. The number of aryl methyl sites for hydroxylation is 1. The molecule has 1 atom stereocenters. The molecule has 0 bridgehead atoms. The average Bonchev–Trinajstić information content (AvgIpc) is 3.08. The fourth-order valence-corrected chi connectivity index (χ4v) is 3.36. The predicted octanol–water partition coefficient (Wildman–Crippen LogP) is 4.08. The van der Waals surface area contributed by atoms with E-state index in [2.05, 4.69) is 25.7 Å². The summed E-state index contributed by atoms with van der Waals surface area (Å²) in [5, 5.41) is 8.02. The number of methoxy groups -OCH3 is 1. The van der Waals surface area contributed by atoms with Crippen LogP contribution >= 0.6 is 23.2 Å². The fourth-order valence-electron chi connectivity index (χ4n) is 2.94. The maximum Gasteiger partial charge on any atom is 0.407 e. The molecule has 2 rings (SSSR count). The van der Waals surface area contributed by atoms with Crippen molar-refractivity contribution in [3.8, 4) is 5.75 Å². The van der Waals surface area contributed by atoms with Crippen LogP contribution in [-0.2, 0) is 14.3 Å². The first kappa shape index (κ1) is 29.8. The molecule has 0 radical (unpaired) electrons. The third-order valence-electron chi connectivity index (χ3n) is 4.70. The van der Waals surface area contributed by atoms with Gasteiger partial charge in [-0.2, -0.15) is 0 Å². The second kappa shape index (κ2) is 12.7. The van der Waals surface area contributed by atoms with Crippen molar-refractivity contribution in [2.24, 2.45) is 0 Å². The summed E-state index contributed by atoms with van der Waals surface area (Å²) in [7, 11) is 1.21. The van der Waals surface area contributed by atoms with Crippen LogP contribution in [0.1, 0.15) is 54.2 Å². The van der Waals surface area contributed by atoms with E-state index in [9.17, 15) is 19.2 Å². The van der Waals surface area contributed by atoms with Crippen molar-refractivity contribution in [3.05, 3.63) is 45.2 Å². The van der Waals surface area contributed by atoms with E-state index in [1.807, 2.05) is 0 Å². The van der Waals surface area contributed by atoms with Crippen molar-refractivity contribution < 1.29 is 33.4 Å². The Hall–Kier alpha value is -3.44. The lowest BCUT2D eigenvalue weighted by atomic mass is 10.1. The number of benzene rings is 1. The van der Waals surface area contributed by atoms with Gasteiger partial charge in [-0.25, -0.2) is 9.59 Å². The number of hydrogen-bond acceptors (Lipinski definition) is 7. The minimum atomic E-state index is -0.887. The van der Waals surface area contributed by atoms with E-state index in [1.54, 1.807) is 27.7 Å². The molecule has 0 aliphatic carbocycles. The molecule has 0 aliphatic rings. The van der Waals surface area contributed by atoms with E-state index >= 15 is 0 Å². The second-order valence-electron chi connectivity index (χ2n) is 8.91. The van der Waals surface area contributed by atoms with Crippen molar-refractivity contribution in [2.75, 3.05) is 25.6 Å². The third kappa shape index (κ3) is 8.57. The van der Waals surface area contributed by atoms with Gasteiger partial charge in [0.1, 0.15) is 29.7 Å². The van der Waals surface area contributed by atoms with Crippen LogP contribution in [0.25, 0.3) is 0 Å². The molecule has 1 heterocycles. The Labute approximate surface area is 224 Å². The van der Waals surface area contributed by atoms with E-state index in [0.29, 0.717) is 5.69 Å². The average molecular weight is 557 g/mol. The number of hydrogen-bond donors (Lipinski definition) is 4. The largest absolute Gasteiger partial charge is 0.490 e. The van der Waals surface area contributed by atoms with Crippen LogP contribution in [0, 0.1) is 6.92 Å². The second-order valence-corrected chi connectivity index (χ2v) is 9.67. The maximum absolute atomic E-state index is 12.8. The van der Waals surface area contributed by atoms with Gasteiger partial charge in [-0.1, -0.05) is 23.2 Å². The zero-order chi connectivity index (χ0) is 27.9. The summed E-state index contributed by atoms with van der Waals surface area (Å²) < 4.78 is 15.5. The standard InChI is InChI=1S/C24H30Cl2N4O7/c1-12-17(25)18(26)19(28-12)21(32)30-15-8-7-14(20(31)29-13(2)22(33)35-6)11-16(15)36-10-9-27-23(34)37-24(3,4)5/h7-8,11,13,28H,9-10H2,1-6H3,(H,27,34)(H,29,31)(H,30,32)/t13-/m0/s1. The summed E-state index contributed by atoms with van der Waals surface area (Å²) in [5.41, 5.74) is 0.287. The number of amides is 3. The van der Waals surface area contributed by atoms with Crippen LogP contribution in [0.3, 0.4) is 0 Å². The first-order valence-corrected chi connectivity index (χ1v) is 12.0. The molecule has 0 saturated heterocycles. The Balaban J connectivity index is 2.22. The van der Waals surface area contributed by atoms with Crippen molar-refractivity contribution in [2.45, 2.75) is 46.3 Å². The molecule has 1 aromatic carbocycles. The van der Waals surface area contributed by atoms with Crippen molar-refractivity contribution in [3.63, 3.8) is 0 Å². The number of halogens is 2. The van der Waals surface area contributed by atoms with E-state index in [1.165, 1.54) is 32.2 Å².